The summed E-state index contributed by atoms with van der Waals surface area (Å²) < 4.78 is 0. The maximum Gasteiger partial charge on any atom is 0.161 e. The molecule has 14 heavy (non-hydrogen) atoms. The molecule has 0 unspecified atom stereocenters. The Morgan fingerprint density at radius 2 is 1.79 bits per heavy atom. The minimum atomic E-state index is 0.682. The van der Waals surface area contributed by atoms with E-state index in [1.54, 1.807) is 0 Å². The van der Waals surface area contributed by atoms with Crippen LogP contribution < -0.4 is 0 Å². The van der Waals surface area contributed by atoms with Crippen molar-refractivity contribution in [1.82, 2.24) is 0 Å². The quantitative estimate of drug-likeness (QED) is 0.520. The molecule has 0 atom stereocenters. The summed E-state index contributed by atoms with van der Waals surface area (Å²) in [5.74, 6) is 0. The van der Waals surface area contributed by atoms with Crippen LogP contribution in [0.3, 0.4) is 0 Å². The highest BCUT2D eigenvalue weighted by Gasteiger charge is 1.96. The molecule has 0 saturated heterocycles. The van der Waals surface area contributed by atoms with Crippen LogP contribution >= 0.6 is 0 Å². The standard InChI is InChI=1S/C12H9NO/c14-9-8-13-12-7-3-5-10-4-1-2-6-11(10)12/h1-9H. The molecule has 2 heteroatoms. The summed E-state index contributed by atoms with van der Waals surface area (Å²) in [5, 5.41) is 2.20. The monoisotopic (exact) mass is 183 g/mol. The van der Waals surface area contributed by atoms with Gasteiger partial charge in [0.25, 0.3) is 0 Å². The summed E-state index contributed by atoms with van der Waals surface area (Å²) in [6.07, 6.45) is 1.95. The molecule has 2 aromatic carbocycles. The Balaban J connectivity index is 2.64. The molecule has 2 nitrogen and oxygen atoms in total. The summed E-state index contributed by atoms with van der Waals surface area (Å²) in [5.41, 5.74) is 0.829. The van der Waals surface area contributed by atoms with Gasteiger partial charge in [0.15, 0.2) is 6.29 Å². The zero-order chi connectivity index (χ0) is 9.80. The van der Waals surface area contributed by atoms with Gasteiger partial charge in [-0.1, -0.05) is 36.4 Å². The third-order valence-corrected chi connectivity index (χ3v) is 2.04. The zero-order valence-corrected chi connectivity index (χ0v) is 7.55. The summed E-state index contributed by atoms with van der Waals surface area (Å²) in [7, 11) is 0. The number of hydrogen-bond donors (Lipinski definition) is 0. The number of aliphatic imine (C=N–C) groups is 1. The number of rotatable bonds is 2. The number of benzene rings is 2. The summed E-state index contributed by atoms with van der Waals surface area (Å²) in [6, 6.07) is 13.8. The van der Waals surface area contributed by atoms with Gasteiger partial charge in [0.2, 0.25) is 0 Å². The Labute approximate surface area is 81.9 Å². The van der Waals surface area contributed by atoms with Crippen LogP contribution in [0.25, 0.3) is 10.8 Å². The van der Waals surface area contributed by atoms with Crippen molar-refractivity contribution in [1.29, 1.82) is 0 Å². The van der Waals surface area contributed by atoms with Gasteiger partial charge in [-0.2, -0.15) is 0 Å². The summed E-state index contributed by atoms with van der Waals surface area (Å²) in [6.45, 7) is 0. The fourth-order valence-corrected chi connectivity index (χ4v) is 1.43. The van der Waals surface area contributed by atoms with E-state index in [1.165, 1.54) is 6.21 Å². The predicted molar refractivity (Wildman–Crippen MR) is 58.2 cm³/mol. The molecule has 0 aromatic heterocycles. The van der Waals surface area contributed by atoms with E-state index in [4.69, 9.17) is 0 Å². The second-order valence-corrected chi connectivity index (χ2v) is 2.91. The van der Waals surface area contributed by atoms with E-state index in [2.05, 4.69) is 4.99 Å². The molecule has 0 N–H and O–H groups in total. The number of nitrogens with zero attached hydrogens (tertiary/aromatic N) is 1. The molecule has 0 bridgehead atoms. The molecule has 0 aliphatic rings. The van der Waals surface area contributed by atoms with Crippen LogP contribution in [0.1, 0.15) is 0 Å². The SMILES string of the molecule is O=CC=Nc1cccc2ccccc12. The van der Waals surface area contributed by atoms with Crippen molar-refractivity contribution in [3.63, 3.8) is 0 Å². The van der Waals surface area contributed by atoms with Gasteiger partial charge in [-0.05, 0) is 11.5 Å². The largest absolute Gasteiger partial charge is 0.297 e. The molecule has 0 amide bonds. The van der Waals surface area contributed by atoms with Gasteiger partial charge in [-0.3, -0.25) is 9.79 Å². The number of fused-ring (bicyclic) bond motifs is 1. The highest BCUT2D eigenvalue weighted by Crippen LogP contribution is 2.24. The molecule has 2 rings (SSSR count). The Bertz CT molecular complexity index is 483. The van der Waals surface area contributed by atoms with Crippen molar-refractivity contribution in [3.8, 4) is 0 Å². The van der Waals surface area contributed by atoms with E-state index in [0.29, 0.717) is 6.29 Å². The van der Waals surface area contributed by atoms with E-state index in [1.807, 2.05) is 42.5 Å². The van der Waals surface area contributed by atoms with Crippen LogP contribution in [-0.2, 0) is 4.79 Å². The van der Waals surface area contributed by atoms with Gasteiger partial charge in [0.1, 0.15) is 0 Å². The summed E-state index contributed by atoms with van der Waals surface area (Å²) >= 11 is 0. The van der Waals surface area contributed by atoms with Crippen LogP contribution in [0, 0.1) is 0 Å². The van der Waals surface area contributed by atoms with Crippen molar-refractivity contribution < 1.29 is 4.79 Å². The molecule has 0 aliphatic carbocycles. The fourth-order valence-electron chi connectivity index (χ4n) is 1.43. The molecule has 0 spiro atoms. The third kappa shape index (κ3) is 1.55. The molecule has 0 aliphatic heterocycles. The Kier molecular flexibility index (Phi) is 2.36. The Hall–Kier alpha value is -1.96. The Morgan fingerprint density at radius 3 is 2.64 bits per heavy atom. The first-order chi connectivity index (χ1) is 6.92. The maximum atomic E-state index is 10.2. The third-order valence-electron chi connectivity index (χ3n) is 2.04. The minimum absolute atomic E-state index is 0.682. The van der Waals surface area contributed by atoms with Gasteiger partial charge < -0.3 is 0 Å². The normalized spacial score (nSPS) is 10.9. The lowest BCUT2D eigenvalue weighted by Crippen LogP contribution is -1.75. The first-order valence-electron chi connectivity index (χ1n) is 4.37. The number of carbonyl (C=O) groups excluding carboxylic acids is 1. The molecule has 2 aromatic rings. The van der Waals surface area contributed by atoms with Crippen molar-refractivity contribution >= 4 is 29.0 Å². The van der Waals surface area contributed by atoms with Crippen LogP contribution in [0.15, 0.2) is 47.5 Å². The van der Waals surface area contributed by atoms with E-state index < -0.39 is 0 Å². The Morgan fingerprint density at radius 1 is 1.00 bits per heavy atom. The number of carbonyl (C=O) groups is 1. The predicted octanol–water partition coefficient (Wildman–Crippen LogP) is 2.74. The van der Waals surface area contributed by atoms with Gasteiger partial charge >= 0.3 is 0 Å². The van der Waals surface area contributed by atoms with Crippen LogP contribution in [0.2, 0.25) is 0 Å². The minimum Gasteiger partial charge on any atom is -0.297 e. The van der Waals surface area contributed by atoms with Gasteiger partial charge in [0, 0.05) is 5.39 Å². The molecule has 0 saturated carbocycles. The summed E-state index contributed by atoms with van der Waals surface area (Å²) in [4.78, 5) is 14.2. The second kappa shape index (κ2) is 3.83. The first-order valence-corrected chi connectivity index (χ1v) is 4.37. The van der Waals surface area contributed by atoms with Crippen molar-refractivity contribution in [2.45, 2.75) is 0 Å². The fraction of sp³-hybridized carbons (Fsp3) is 0. The zero-order valence-electron chi connectivity index (χ0n) is 7.55. The van der Waals surface area contributed by atoms with Gasteiger partial charge in [-0.15, -0.1) is 0 Å². The lowest BCUT2D eigenvalue weighted by atomic mass is 10.1. The average molecular weight is 183 g/mol. The second-order valence-electron chi connectivity index (χ2n) is 2.91. The van der Waals surface area contributed by atoms with Crippen molar-refractivity contribution in [2.75, 3.05) is 0 Å². The van der Waals surface area contributed by atoms with E-state index in [-0.39, 0.29) is 0 Å². The van der Waals surface area contributed by atoms with Gasteiger partial charge in [0.05, 0.1) is 11.9 Å². The molecule has 0 heterocycles. The van der Waals surface area contributed by atoms with E-state index in [0.717, 1.165) is 16.5 Å². The van der Waals surface area contributed by atoms with Crippen LogP contribution in [-0.4, -0.2) is 12.5 Å². The highest BCUT2D eigenvalue weighted by molar-refractivity contribution is 6.14. The number of aldehydes is 1. The average Bonchev–Trinajstić information content (AvgIpc) is 2.26. The van der Waals surface area contributed by atoms with E-state index >= 15 is 0 Å². The first kappa shape index (κ1) is 8.63. The smallest absolute Gasteiger partial charge is 0.161 e. The van der Waals surface area contributed by atoms with Gasteiger partial charge in [-0.25, -0.2) is 0 Å². The van der Waals surface area contributed by atoms with Crippen LogP contribution in [0.5, 0.6) is 0 Å². The maximum absolute atomic E-state index is 10.2. The topological polar surface area (TPSA) is 29.4 Å². The van der Waals surface area contributed by atoms with E-state index in [9.17, 15) is 4.79 Å². The van der Waals surface area contributed by atoms with Crippen molar-refractivity contribution in [3.05, 3.63) is 42.5 Å². The molecule has 68 valence electrons. The highest BCUT2D eigenvalue weighted by atomic mass is 16.1. The number of hydrogen-bond acceptors (Lipinski definition) is 2. The van der Waals surface area contributed by atoms with Crippen molar-refractivity contribution in [2.24, 2.45) is 4.99 Å². The molecule has 0 fully saturated rings. The lowest BCUT2D eigenvalue weighted by molar-refractivity contribution is -0.102. The lowest BCUT2D eigenvalue weighted by Gasteiger charge is -1.99. The molecular formula is C12H9NO. The molecule has 0 radical (unpaired) electrons. The van der Waals surface area contributed by atoms with Crippen LogP contribution in [0.4, 0.5) is 5.69 Å². The molecular weight excluding hydrogens is 174 g/mol.